The fourth-order valence-corrected chi connectivity index (χ4v) is 2.70. The molecule has 0 bridgehead atoms. The van der Waals surface area contributed by atoms with Crippen molar-refractivity contribution in [3.05, 3.63) is 59.9 Å². The SMILES string of the molecule is Nc1cc(F)cc(S(=O)Cc2ccccc2)c1. The highest BCUT2D eigenvalue weighted by Crippen LogP contribution is 2.17. The van der Waals surface area contributed by atoms with Gasteiger partial charge in [0.15, 0.2) is 0 Å². The average molecular weight is 249 g/mol. The molecule has 0 spiro atoms. The number of halogens is 1. The summed E-state index contributed by atoms with van der Waals surface area (Å²) in [7, 11) is -1.27. The summed E-state index contributed by atoms with van der Waals surface area (Å²) in [5.41, 5.74) is 6.76. The molecule has 0 aliphatic rings. The van der Waals surface area contributed by atoms with E-state index in [4.69, 9.17) is 5.73 Å². The van der Waals surface area contributed by atoms with E-state index in [2.05, 4.69) is 0 Å². The molecule has 0 aliphatic heterocycles. The Kier molecular flexibility index (Phi) is 3.54. The zero-order valence-electron chi connectivity index (χ0n) is 9.10. The third-order valence-electron chi connectivity index (χ3n) is 2.30. The van der Waals surface area contributed by atoms with E-state index >= 15 is 0 Å². The second-order valence-corrected chi connectivity index (χ2v) is 5.15. The molecule has 88 valence electrons. The summed E-state index contributed by atoms with van der Waals surface area (Å²) in [4.78, 5) is 0.423. The molecule has 1 atom stereocenters. The maximum absolute atomic E-state index is 13.1. The molecule has 2 N–H and O–H groups in total. The van der Waals surface area contributed by atoms with E-state index in [1.165, 1.54) is 12.1 Å². The molecule has 0 radical (unpaired) electrons. The van der Waals surface area contributed by atoms with Gasteiger partial charge < -0.3 is 5.73 Å². The fourth-order valence-electron chi connectivity index (χ4n) is 1.52. The summed E-state index contributed by atoms with van der Waals surface area (Å²) >= 11 is 0. The maximum Gasteiger partial charge on any atom is 0.126 e. The van der Waals surface area contributed by atoms with E-state index in [9.17, 15) is 8.60 Å². The Bertz CT molecular complexity index is 522. The quantitative estimate of drug-likeness (QED) is 0.850. The van der Waals surface area contributed by atoms with Crippen LogP contribution in [-0.2, 0) is 16.6 Å². The lowest BCUT2D eigenvalue weighted by Crippen LogP contribution is -1.98. The van der Waals surface area contributed by atoms with Crippen LogP contribution in [0.2, 0.25) is 0 Å². The smallest absolute Gasteiger partial charge is 0.126 e. The molecule has 0 heterocycles. The molecular formula is C13H12FNOS. The molecular weight excluding hydrogens is 237 g/mol. The molecule has 1 unspecified atom stereocenters. The molecule has 0 fully saturated rings. The Balaban J connectivity index is 2.20. The Morgan fingerprint density at radius 3 is 2.47 bits per heavy atom. The molecule has 2 aromatic rings. The second-order valence-electron chi connectivity index (χ2n) is 3.70. The van der Waals surface area contributed by atoms with Crippen LogP contribution in [0.4, 0.5) is 10.1 Å². The molecule has 2 rings (SSSR count). The second kappa shape index (κ2) is 5.10. The predicted octanol–water partition coefficient (Wildman–Crippen LogP) is 2.72. The van der Waals surface area contributed by atoms with Gasteiger partial charge >= 0.3 is 0 Å². The van der Waals surface area contributed by atoms with E-state index in [0.717, 1.165) is 5.56 Å². The first kappa shape index (κ1) is 11.8. The number of nitrogen functional groups attached to an aromatic ring is 1. The third-order valence-corrected chi connectivity index (χ3v) is 3.65. The summed E-state index contributed by atoms with van der Waals surface area (Å²) in [5.74, 6) is -0.0922. The molecule has 2 nitrogen and oxygen atoms in total. The highest BCUT2D eigenvalue weighted by atomic mass is 32.2. The van der Waals surface area contributed by atoms with Gasteiger partial charge in [0.1, 0.15) is 5.82 Å². The van der Waals surface area contributed by atoms with Crippen LogP contribution in [0, 0.1) is 5.82 Å². The number of benzene rings is 2. The summed E-state index contributed by atoms with van der Waals surface area (Å²) in [5, 5.41) is 0. The van der Waals surface area contributed by atoms with Gasteiger partial charge in [0.25, 0.3) is 0 Å². The van der Waals surface area contributed by atoms with Gasteiger partial charge in [-0.15, -0.1) is 0 Å². The van der Waals surface area contributed by atoms with E-state index in [-0.39, 0.29) is 0 Å². The summed E-state index contributed by atoms with van der Waals surface area (Å²) in [6.45, 7) is 0. The number of hydrogen-bond acceptors (Lipinski definition) is 2. The van der Waals surface area contributed by atoms with Crippen LogP contribution in [0.3, 0.4) is 0 Å². The number of rotatable bonds is 3. The Morgan fingerprint density at radius 2 is 1.82 bits per heavy atom. The van der Waals surface area contributed by atoms with Crippen molar-refractivity contribution < 1.29 is 8.60 Å². The molecule has 4 heteroatoms. The largest absolute Gasteiger partial charge is 0.399 e. The number of hydrogen-bond donors (Lipinski definition) is 1. The Hall–Kier alpha value is -1.68. The first-order valence-electron chi connectivity index (χ1n) is 5.13. The van der Waals surface area contributed by atoms with Crippen molar-refractivity contribution in [3.8, 4) is 0 Å². The van der Waals surface area contributed by atoms with Crippen LogP contribution in [0.5, 0.6) is 0 Å². The van der Waals surface area contributed by atoms with E-state index < -0.39 is 16.6 Å². The van der Waals surface area contributed by atoms with Gasteiger partial charge in [0, 0.05) is 10.6 Å². The summed E-state index contributed by atoms with van der Waals surface area (Å²) < 4.78 is 25.1. The van der Waals surface area contributed by atoms with Crippen LogP contribution >= 0.6 is 0 Å². The third kappa shape index (κ3) is 3.14. The van der Waals surface area contributed by atoms with E-state index in [1.54, 1.807) is 6.07 Å². The van der Waals surface area contributed by atoms with Crippen LogP contribution in [-0.4, -0.2) is 4.21 Å². The van der Waals surface area contributed by atoms with Crippen molar-refractivity contribution in [2.75, 3.05) is 5.73 Å². The van der Waals surface area contributed by atoms with Gasteiger partial charge in [0.05, 0.1) is 16.6 Å². The predicted molar refractivity (Wildman–Crippen MR) is 67.4 cm³/mol. The van der Waals surface area contributed by atoms with Crippen LogP contribution < -0.4 is 5.73 Å². The van der Waals surface area contributed by atoms with Gasteiger partial charge in [-0.2, -0.15) is 0 Å². The standard InChI is InChI=1S/C13H12FNOS/c14-11-6-12(15)8-13(7-11)17(16)9-10-4-2-1-3-5-10/h1-8H,9,15H2. The van der Waals surface area contributed by atoms with E-state index in [1.807, 2.05) is 30.3 Å². The van der Waals surface area contributed by atoms with Crippen molar-refractivity contribution in [2.24, 2.45) is 0 Å². The molecule has 0 aromatic heterocycles. The lowest BCUT2D eigenvalue weighted by Gasteiger charge is -2.04. The van der Waals surface area contributed by atoms with Crippen molar-refractivity contribution in [2.45, 2.75) is 10.6 Å². The minimum atomic E-state index is -1.27. The minimum absolute atomic E-state index is 0.293. The van der Waals surface area contributed by atoms with Crippen molar-refractivity contribution in [1.82, 2.24) is 0 Å². The number of anilines is 1. The van der Waals surface area contributed by atoms with Gasteiger partial charge in [0.2, 0.25) is 0 Å². The lowest BCUT2D eigenvalue weighted by atomic mass is 10.2. The molecule has 0 aliphatic carbocycles. The van der Waals surface area contributed by atoms with Gasteiger partial charge in [-0.25, -0.2) is 4.39 Å². The topological polar surface area (TPSA) is 43.1 Å². The van der Waals surface area contributed by atoms with Crippen molar-refractivity contribution >= 4 is 16.5 Å². The van der Waals surface area contributed by atoms with Crippen LogP contribution in [0.1, 0.15) is 5.56 Å². The highest BCUT2D eigenvalue weighted by Gasteiger charge is 2.07. The Labute approximate surface area is 102 Å². The van der Waals surface area contributed by atoms with Crippen LogP contribution in [0.25, 0.3) is 0 Å². The van der Waals surface area contributed by atoms with Gasteiger partial charge in [-0.3, -0.25) is 4.21 Å². The maximum atomic E-state index is 13.1. The molecule has 2 aromatic carbocycles. The molecule has 17 heavy (non-hydrogen) atoms. The molecule has 0 amide bonds. The average Bonchev–Trinajstić information content (AvgIpc) is 2.29. The summed E-state index contributed by atoms with van der Waals surface area (Å²) in [6.07, 6.45) is 0. The van der Waals surface area contributed by atoms with Crippen LogP contribution in [0.15, 0.2) is 53.4 Å². The minimum Gasteiger partial charge on any atom is -0.399 e. The van der Waals surface area contributed by atoms with Crippen molar-refractivity contribution in [3.63, 3.8) is 0 Å². The first-order chi connectivity index (χ1) is 8.15. The number of nitrogens with two attached hydrogens (primary N) is 1. The fraction of sp³-hybridized carbons (Fsp3) is 0.0769. The Morgan fingerprint density at radius 1 is 1.12 bits per heavy atom. The monoisotopic (exact) mass is 249 g/mol. The van der Waals surface area contributed by atoms with E-state index in [0.29, 0.717) is 16.3 Å². The lowest BCUT2D eigenvalue weighted by molar-refractivity contribution is 0.623. The molecule has 0 saturated heterocycles. The molecule has 0 saturated carbocycles. The van der Waals surface area contributed by atoms with Gasteiger partial charge in [-0.05, 0) is 23.8 Å². The zero-order valence-corrected chi connectivity index (χ0v) is 9.91. The van der Waals surface area contributed by atoms with Crippen molar-refractivity contribution in [1.29, 1.82) is 0 Å². The zero-order chi connectivity index (χ0) is 12.3. The normalized spacial score (nSPS) is 12.3. The first-order valence-corrected chi connectivity index (χ1v) is 6.45. The van der Waals surface area contributed by atoms with Gasteiger partial charge in [-0.1, -0.05) is 30.3 Å². The highest BCUT2D eigenvalue weighted by molar-refractivity contribution is 7.84. The summed E-state index contributed by atoms with van der Waals surface area (Å²) in [6, 6.07) is 13.5.